The molecule has 1 N–H and O–H groups in total. The molecule has 2 amide bonds. The number of hydrogen-bond donors (Lipinski definition) is 1. The van der Waals surface area contributed by atoms with E-state index in [0.717, 1.165) is 11.1 Å². The van der Waals surface area contributed by atoms with E-state index in [0.29, 0.717) is 30.0 Å². The van der Waals surface area contributed by atoms with Crippen molar-refractivity contribution in [3.05, 3.63) is 101 Å². The smallest absolute Gasteiger partial charge is 0.261 e. The van der Waals surface area contributed by atoms with Gasteiger partial charge in [0.1, 0.15) is 11.6 Å². The molecule has 0 spiro atoms. The third-order valence-electron chi connectivity index (χ3n) is 4.95. The van der Waals surface area contributed by atoms with Gasteiger partial charge in [-0.05, 0) is 41.5 Å². The van der Waals surface area contributed by atoms with Gasteiger partial charge in [0.25, 0.3) is 11.8 Å². The summed E-state index contributed by atoms with van der Waals surface area (Å²) in [5, 5.41) is 2.80. The van der Waals surface area contributed by atoms with Crippen molar-refractivity contribution < 1.29 is 18.7 Å². The molecule has 0 atom stereocenters. The predicted molar refractivity (Wildman–Crippen MR) is 110 cm³/mol. The largest absolute Gasteiger partial charge is 0.483 e. The molecule has 4 rings (SSSR count). The Hall–Kier alpha value is -3.67. The Kier molecular flexibility index (Phi) is 5.75. The van der Waals surface area contributed by atoms with Gasteiger partial charge in [-0.1, -0.05) is 42.5 Å². The Balaban J connectivity index is 1.48. The Bertz CT molecular complexity index is 1070. The molecule has 0 radical (unpaired) electrons. The lowest BCUT2D eigenvalue weighted by atomic mass is 10.1. The van der Waals surface area contributed by atoms with Gasteiger partial charge in [0, 0.05) is 30.8 Å². The van der Waals surface area contributed by atoms with Gasteiger partial charge in [0.15, 0.2) is 6.61 Å². The fraction of sp³-hybridized carbons (Fsp3) is 0.167. The molecule has 3 aromatic carbocycles. The summed E-state index contributed by atoms with van der Waals surface area (Å²) in [6.45, 7) is 1.01. The Morgan fingerprint density at radius 3 is 2.60 bits per heavy atom. The van der Waals surface area contributed by atoms with Crippen LogP contribution in [0.25, 0.3) is 0 Å². The molecule has 3 aromatic rings. The second kappa shape index (κ2) is 8.78. The van der Waals surface area contributed by atoms with E-state index >= 15 is 0 Å². The van der Waals surface area contributed by atoms with Gasteiger partial charge < -0.3 is 15.0 Å². The summed E-state index contributed by atoms with van der Waals surface area (Å²) in [6.07, 6.45) is 0. The monoisotopic (exact) mass is 404 g/mol. The molecular formula is C24H21FN2O3. The molecule has 1 aliphatic rings. The quantitative estimate of drug-likeness (QED) is 0.706. The van der Waals surface area contributed by atoms with E-state index < -0.39 is 0 Å². The Morgan fingerprint density at radius 1 is 1.00 bits per heavy atom. The van der Waals surface area contributed by atoms with Crippen LogP contribution in [0.2, 0.25) is 0 Å². The van der Waals surface area contributed by atoms with Crippen molar-refractivity contribution in [2.45, 2.75) is 19.6 Å². The second-order valence-corrected chi connectivity index (χ2v) is 7.16. The first-order valence-corrected chi connectivity index (χ1v) is 9.68. The molecule has 5 nitrogen and oxygen atoms in total. The molecule has 0 saturated heterocycles. The number of carbonyl (C=O) groups excluding carboxylic acids is 2. The van der Waals surface area contributed by atoms with E-state index in [1.54, 1.807) is 35.2 Å². The highest BCUT2D eigenvalue weighted by Crippen LogP contribution is 2.26. The summed E-state index contributed by atoms with van der Waals surface area (Å²) >= 11 is 0. The highest BCUT2D eigenvalue weighted by molar-refractivity contribution is 5.94. The minimum atomic E-state index is -0.341. The van der Waals surface area contributed by atoms with Gasteiger partial charge in [0.05, 0.1) is 0 Å². The average Bonchev–Trinajstić information content (AvgIpc) is 2.91. The number of carbonyl (C=O) groups is 2. The topological polar surface area (TPSA) is 58.6 Å². The molecule has 0 unspecified atom stereocenters. The summed E-state index contributed by atoms with van der Waals surface area (Å²) in [7, 11) is 0. The van der Waals surface area contributed by atoms with Crippen molar-refractivity contribution in [3.63, 3.8) is 0 Å². The van der Waals surface area contributed by atoms with Crippen molar-refractivity contribution in [1.29, 1.82) is 0 Å². The molecule has 30 heavy (non-hydrogen) atoms. The fourth-order valence-corrected chi connectivity index (χ4v) is 3.39. The number of nitrogens with zero attached hydrogens (tertiary/aromatic N) is 1. The molecule has 0 fully saturated rings. The summed E-state index contributed by atoms with van der Waals surface area (Å²) in [5.74, 6) is -0.118. The summed E-state index contributed by atoms with van der Waals surface area (Å²) < 4.78 is 18.9. The molecule has 0 aliphatic carbocycles. The third kappa shape index (κ3) is 4.66. The minimum Gasteiger partial charge on any atom is -0.483 e. The first-order chi connectivity index (χ1) is 14.6. The SMILES string of the molecule is O=C(NCc1cccc(F)c1)c1ccc2c(c1)CN(Cc1ccccc1)C(=O)CO2. The summed E-state index contributed by atoms with van der Waals surface area (Å²) in [4.78, 5) is 26.8. The molecule has 6 heteroatoms. The zero-order chi connectivity index (χ0) is 20.9. The number of ether oxygens (including phenoxy) is 1. The number of hydrogen-bond acceptors (Lipinski definition) is 3. The second-order valence-electron chi connectivity index (χ2n) is 7.16. The van der Waals surface area contributed by atoms with Crippen LogP contribution in [-0.2, 0) is 24.4 Å². The van der Waals surface area contributed by atoms with Crippen LogP contribution >= 0.6 is 0 Å². The van der Waals surface area contributed by atoms with Crippen LogP contribution in [0.3, 0.4) is 0 Å². The number of halogens is 1. The van der Waals surface area contributed by atoms with E-state index in [2.05, 4.69) is 5.32 Å². The van der Waals surface area contributed by atoms with Crippen molar-refractivity contribution in [2.75, 3.05) is 6.61 Å². The molecule has 152 valence electrons. The summed E-state index contributed by atoms with van der Waals surface area (Å²) in [6, 6.07) is 21.0. The van der Waals surface area contributed by atoms with Crippen LogP contribution in [0.4, 0.5) is 4.39 Å². The number of amides is 2. The van der Waals surface area contributed by atoms with Gasteiger partial charge in [-0.15, -0.1) is 0 Å². The van der Waals surface area contributed by atoms with Gasteiger partial charge in [-0.25, -0.2) is 4.39 Å². The first kappa shape index (κ1) is 19.6. The van der Waals surface area contributed by atoms with Crippen molar-refractivity contribution in [1.82, 2.24) is 10.2 Å². The molecule has 1 aliphatic heterocycles. The molecule has 0 aromatic heterocycles. The summed E-state index contributed by atoms with van der Waals surface area (Å²) in [5.41, 5.74) is 2.94. The number of fused-ring (bicyclic) bond motifs is 1. The molecular weight excluding hydrogens is 383 g/mol. The maximum absolute atomic E-state index is 13.3. The standard InChI is InChI=1S/C24H21FN2O3/c25-21-8-4-7-18(11-21)13-26-24(29)19-9-10-22-20(12-19)15-27(23(28)16-30-22)14-17-5-2-1-3-6-17/h1-12H,13-16H2,(H,26,29). The van der Waals surface area contributed by atoms with E-state index in [9.17, 15) is 14.0 Å². The lowest BCUT2D eigenvalue weighted by molar-refractivity contribution is -0.133. The van der Waals surface area contributed by atoms with Gasteiger partial charge >= 0.3 is 0 Å². The van der Waals surface area contributed by atoms with Gasteiger partial charge in [0.2, 0.25) is 0 Å². The lowest BCUT2D eigenvalue weighted by Crippen LogP contribution is -2.31. The maximum atomic E-state index is 13.3. The van der Waals surface area contributed by atoms with Crippen LogP contribution in [0.15, 0.2) is 72.8 Å². The maximum Gasteiger partial charge on any atom is 0.261 e. The van der Waals surface area contributed by atoms with Crippen molar-refractivity contribution in [3.8, 4) is 5.75 Å². The van der Waals surface area contributed by atoms with Gasteiger partial charge in [-0.2, -0.15) is 0 Å². The predicted octanol–water partition coefficient (Wildman–Crippen LogP) is 3.68. The van der Waals surface area contributed by atoms with E-state index in [1.807, 2.05) is 30.3 Å². The van der Waals surface area contributed by atoms with Gasteiger partial charge in [-0.3, -0.25) is 9.59 Å². The Morgan fingerprint density at radius 2 is 1.80 bits per heavy atom. The van der Waals surface area contributed by atoms with E-state index in [-0.39, 0.29) is 30.8 Å². The lowest BCUT2D eigenvalue weighted by Gasteiger charge is -2.20. The zero-order valence-electron chi connectivity index (χ0n) is 16.3. The first-order valence-electron chi connectivity index (χ1n) is 9.68. The molecule has 1 heterocycles. The normalized spacial score (nSPS) is 13.2. The minimum absolute atomic E-state index is 0.0368. The number of nitrogens with one attached hydrogen (secondary N) is 1. The molecule has 0 bridgehead atoms. The van der Waals surface area contributed by atoms with Crippen LogP contribution in [0, 0.1) is 5.82 Å². The van der Waals surface area contributed by atoms with Crippen LogP contribution < -0.4 is 10.1 Å². The van der Waals surface area contributed by atoms with Crippen molar-refractivity contribution >= 4 is 11.8 Å². The third-order valence-corrected chi connectivity index (χ3v) is 4.95. The highest BCUT2D eigenvalue weighted by Gasteiger charge is 2.22. The van der Waals surface area contributed by atoms with E-state index in [4.69, 9.17) is 4.74 Å². The Labute approximate surface area is 174 Å². The zero-order valence-corrected chi connectivity index (χ0v) is 16.3. The molecule has 0 saturated carbocycles. The number of benzene rings is 3. The number of rotatable bonds is 5. The van der Waals surface area contributed by atoms with Crippen molar-refractivity contribution in [2.24, 2.45) is 0 Å². The fourth-order valence-electron chi connectivity index (χ4n) is 3.39. The highest BCUT2D eigenvalue weighted by atomic mass is 19.1. The van der Waals surface area contributed by atoms with Crippen LogP contribution in [0.5, 0.6) is 5.75 Å². The average molecular weight is 404 g/mol. The van der Waals surface area contributed by atoms with E-state index in [1.165, 1.54) is 12.1 Å². The van der Waals surface area contributed by atoms with Crippen LogP contribution in [0.1, 0.15) is 27.0 Å². The van der Waals surface area contributed by atoms with Crippen LogP contribution in [-0.4, -0.2) is 23.3 Å².